The van der Waals surface area contributed by atoms with Gasteiger partial charge in [-0.25, -0.2) is 0 Å². The van der Waals surface area contributed by atoms with Crippen molar-refractivity contribution in [3.8, 4) is 11.8 Å². The molecule has 1 rings (SSSR count). The minimum atomic E-state index is -0.212. The maximum atomic E-state index is 11.0. The van der Waals surface area contributed by atoms with Crippen LogP contribution in [0.5, 0.6) is 0 Å². The quantitative estimate of drug-likeness (QED) is 0.646. The molecule has 0 aromatic carbocycles. The second-order valence-electron chi connectivity index (χ2n) is 3.72. The van der Waals surface area contributed by atoms with Crippen LogP contribution >= 0.6 is 0 Å². The van der Waals surface area contributed by atoms with E-state index in [9.17, 15) is 4.79 Å². The van der Waals surface area contributed by atoms with Gasteiger partial charge in [-0.2, -0.15) is 0 Å². The minimum absolute atomic E-state index is 0.212. The molecule has 3 heteroatoms. The Morgan fingerprint density at radius 2 is 2.21 bits per heavy atom. The molecule has 0 aliphatic heterocycles. The number of rotatable bonds is 3. The highest BCUT2D eigenvalue weighted by atomic mass is 16.3. The maximum Gasteiger partial charge on any atom is 0.295 e. The number of aliphatic hydroxyl groups is 1. The van der Waals surface area contributed by atoms with E-state index in [0.717, 1.165) is 19.3 Å². The summed E-state index contributed by atoms with van der Waals surface area (Å²) >= 11 is 0. The average Bonchev–Trinajstić information content (AvgIpc) is 2.62. The van der Waals surface area contributed by atoms with E-state index in [0.29, 0.717) is 18.4 Å². The Morgan fingerprint density at radius 3 is 2.86 bits per heavy atom. The van der Waals surface area contributed by atoms with Gasteiger partial charge in [0.25, 0.3) is 5.91 Å². The molecular weight excluding hydrogens is 178 g/mol. The third-order valence-corrected chi connectivity index (χ3v) is 2.81. The molecule has 1 amide bonds. The molecule has 1 fully saturated rings. The van der Waals surface area contributed by atoms with Gasteiger partial charge >= 0.3 is 0 Å². The van der Waals surface area contributed by atoms with Gasteiger partial charge in [-0.05, 0) is 37.5 Å². The summed E-state index contributed by atoms with van der Waals surface area (Å²) in [6, 6.07) is 0. The number of hydrogen-bond acceptors (Lipinski definition) is 2. The predicted octanol–water partition coefficient (Wildman–Crippen LogP) is 0.534. The molecule has 14 heavy (non-hydrogen) atoms. The number of amides is 1. The molecule has 0 spiro atoms. The molecule has 78 valence electrons. The normalized spacial score (nSPS) is 25.3. The molecule has 0 aromatic rings. The molecular formula is C11H17NO2. The van der Waals surface area contributed by atoms with Crippen LogP contribution in [0.15, 0.2) is 0 Å². The van der Waals surface area contributed by atoms with E-state index in [4.69, 9.17) is 5.11 Å². The second kappa shape index (κ2) is 5.66. The van der Waals surface area contributed by atoms with Crippen molar-refractivity contribution in [1.29, 1.82) is 0 Å². The lowest BCUT2D eigenvalue weighted by atomic mass is 9.97. The second-order valence-corrected chi connectivity index (χ2v) is 3.72. The summed E-state index contributed by atoms with van der Waals surface area (Å²) in [5, 5.41) is 11.8. The molecule has 0 heterocycles. The van der Waals surface area contributed by atoms with Crippen LogP contribution in [0.25, 0.3) is 0 Å². The van der Waals surface area contributed by atoms with Gasteiger partial charge in [-0.15, -0.1) is 0 Å². The Hall–Kier alpha value is -1.01. The molecule has 1 saturated carbocycles. The summed E-state index contributed by atoms with van der Waals surface area (Å²) in [7, 11) is 0. The number of nitrogens with one attached hydrogen (secondary N) is 1. The van der Waals surface area contributed by atoms with Crippen LogP contribution in [0.4, 0.5) is 0 Å². The molecule has 0 bridgehead atoms. The summed E-state index contributed by atoms with van der Waals surface area (Å²) in [4.78, 5) is 11.0. The summed E-state index contributed by atoms with van der Waals surface area (Å²) in [5.74, 6) is 5.58. The van der Waals surface area contributed by atoms with E-state index in [-0.39, 0.29) is 12.5 Å². The van der Waals surface area contributed by atoms with Gasteiger partial charge in [0, 0.05) is 13.2 Å². The summed E-state index contributed by atoms with van der Waals surface area (Å²) in [5.41, 5.74) is 0. The van der Waals surface area contributed by atoms with Crippen molar-refractivity contribution in [3.63, 3.8) is 0 Å². The molecule has 3 nitrogen and oxygen atoms in total. The van der Waals surface area contributed by atoms with Crippen LogP contribution in [0.3, 0.4) is 0 Å². The molecule has 0 radical (unpaired) electrons. The van der Waals surface area contributed by atoms with E-state index in [1.807, 2.05) is 0 Å². The van der Waals surface area contributed by atoms with Crippen LogP contribution < -0.4 is 5.32 Å². The van der Waals surface area contributed by atoms with Gasteiger partial charge < -0.3 is 10.4 Å². The first-order chi connectivity index (χ1) is 6.77. The highest BCUT2D eigenvalue weighted by Gasteiger charge is 2.26. The molecule has 0 saturated heterocycles. The largest absolute Gasteiger partial charge is 0.396 e. The van der Waals surface area contributed by atoms with E-state index >= 15 is 0 Å². The van der Waals surface area contributed by atoms with Gasteiger partial charge in [0.1, 0.15) is 0 Å². The maximum absolute atomic E-state index is 11.0. The SMILES string of the molecule is CC#CC(=O)NCC1CCCC1CO. The zero-order valence-corrected chi connectivity index (χ0v) is 8.55. The summed E-state index contributed by atoms with van der Waals surface area (Å²) in [6.07, 6.45) is 3.34. The van der Waals surface area contributed by atoms with Crippen LogP contribution in [-0.2, 0) is 4.79 Å². The fraction of sp³-hybridized carbons (Fsp3) is 0.727. The van der Waals surface area contributed by atoms with Crippen molar-refractivity contribution in [2.45, 2.75) is 26.2 Å². The van der Waals surface area contributed by atoms with Crippen LogP contribution in [0.1, 0.15) is 26.2 Å². The van der Waals surface area contributed by atoms with Crippen LogP contribution in [0.2, 0.25) is 0 Å². The topological polar surface area (TPSA) is 49.3 Å². The molecule has 1 aliphatic carbocycles. The van der Waals surface area contributed by atoms with Crippen LogP contribution in [-0.4, -0.2) is 24.2 Å². The molecule has 2 atom stereocenters. The van der Waals surface area contributed by atoms with Crippen LogP contribution in [0, 0.1) is 23.7 Å². The van der Waals surface area contributed by atoms with Crippen molar-refractivity contribution in [2.75, 3.05) is 13.2 Å². The van der Waals surface area contributed by atoms with Gasteiger partial charge in [-0.3, -0.25) is 4.79 Å². The van der Waals surface area contributed by atoms with Gasteiger partial charge in [-0.1, -0.05) is 12.3 Å². The Balaban J connectivity index is 2.29. The third kappa shape index (κ3) is 3.04. The van der Waals surface area contributed by atoms with Crippen molar-refractivity contribution in [3.05, 3.63) is 0 Å². The monoisotopic (exact) mass is 195 g/mol. The van der Waals surface area contributed by atoms with Gasteiger partial charge in [0.2, 0.25) is 0 Å². The molecule has 2 N–H and O–H groups in total. The summed E-state index contributed by atoms with van der Waals surface area (Å²) < 4.78 is 0. The Kier molecular flexibility index (Phi) is 4.48. The van der Waals surface area contributed by atoms with E-state index < -0.39 is 0 Å². The Bertz CT molecular complexity index is 252. The van der Waals surface area contributed by atoms with Gasteiger partial charge in [0.15, 0.2) is 0 Å². The molecule has 2 unspecified atom stereocenters. The lowest BCUT2D eigenvalue weighted by molar-refractivity contribution is -0.115. The molecule has 1 aliphatic rings. The van der Waals surface area contributed by atoms with Crippen molar-refractivity contribution in [2.24, 2.45) is 11.8 Å². The van der Waals surface area contributed by atoms with E-state index in [1.165, 1.54) is 0 Å². The zero-order chi connectivity index (χ0) is 10.4. The lowest BCUT2D eigenvalue weighted by Gasteiger charge is -2.16. The van der Waals surface area contributed by atoms with Crippen molar-refractivity contribution >= 4 is 5.91 Å². The van der Waals surface area contributed by atoms with E-state index in [2.05, 4.69) is 17.2 Å². The first-order valence-electron chi connectivity index (χ1n) is 5.09. The number of hydrogen-bond donors (Lipinski definition) is 2. The minimum Gasteiger partial charge on any atom is -0.396 e. The fourth-order valence-corrected chi connectivity index (χ4v) is 2.00. The van der Waals surface area contributed by atoms with Crippen molar-refractivity contribution in [1.82, 2.24) is 5.32 Å². The van der Waals surface area contributed by atoms with E-state index in [1.54, 1.807) is 6.92 Å². The first kappa shape index (κ1) is 11.1. The predicted molar refractivity (Wildman–Crippen MR) is 54.4 cm³/mol. The Morgan fingerprint density at radius 1 is 1.50 bits per heavy atom. The number of carbonyl (C=O) groups is 1. The van der Waals surface area contributed by atoms with Gasteiger partial charge in [0.05, 0.1) is 0 Å². The highest BCUT2D eigenvalue weighted by molar-refractivity contribution is 5.93. The highest BCUT2D eigenvalue weighted by Crippen LogP contribution is 2.30. The molecule has 0 aromatic heterocycles. The number of carbonyl (C=O) groups excluding carboxylic acids is 1. The smallest absolute Gasteiger partial charge is 0.295 e. The zero-order valence-electron chi connectivity index (χ0n) is 8.55. The average molecular weight is 195 g/mol. The standard InChI is InChI=1S/C11H17NO2/c1-2-4-11(14)12-7-9-5-3-6-10(9)8-13/h9-10,13H,3,5-8H2,1H3,(H,12,14). The Labute approximate surface area is 84.9 Å². The third-order valence-electron chi connectivity index (χ3n) is 2.81. The first-order valence-corrected chi connectivity index (χ1v) is 5.09. The van der Waals surface area contributed by atoms with Crippen molar-refractivity contribution < 1.29 is 9.90 Å². The summed E-state index contributed by atoms with van der Waals surface area (Å²) in [6.45, 7) is 2.53. The number of aliphatic hydroxyl groups excluding tert-OH is 1. The lowest BCUT2D eigenvalue weighted by Crippen LogP contribution is -2.30. The fourth-order valence-electron chi connectivity index (χ4n) is 2.00.